The molecule has 31 heavy (non-hydrogen) atoms. The predicted molar refractivity (Wildman–Crippen MR) is 119 cm³/mol. The van der Waals surface area contributed by atoms with Gasteiger partial charge in [-0.25, -0.2) is 0 Å². The Bertz CT molecular complexity index is 985. The molecule has 1 saturated carbocycles. The van der Waals surface area contributed by atoms with Gasteiger partial charge < -0.3 is 20.4 Å². The van der Waals surface area contributed by atoms with Crippen LogP contribution in [0.3, 0.4) is 0 Å². The fraction of sp³-hybridized carbons (Fsp3) is 0.458. The minimum absolute atomic E-state index is 0.0688. The molecule has 7 nitrogen and oxygen atoms in total. The van der Waals surface area contributed by atoms with E-state index >= 15 is 0 Å². The van der Waals surface area contributed by atoms with Crippen LogP contribution in [0.15, 0.2) is 47.4 Å². The average Bonchev–Trinajstić information content (AvgIpc) is 2.79. The smallest absolute Gasteiger partial charge is 0.250 e. The molecule has 1 aromatic heterocycles. The molecule has 3 N–H and O–H groups in total. The third-order valence-corrected chi connectivity index (χ3v) is 5.91. The number of nitriles is 1. The number of carbonyl (C=O) groups is 1. The van der Waals surface area contributed by atoms with Gasteiger partial charge in [0, 0.05) is 32.3 Å². The van der Waals surface area contributed by atoms with Gasteiger partial charge in [0.2, 0.25) is 5.91 Å². The van der Waals surface area contributed by atoms with Crippen LogP contribution in [0.2, 0.25) is 0 Å². The molecule has 1 amide bonds. The van der Waals surface area contributed by atoms with Gasteiger partial charge in [0.15, 0.2) is 0 Å². The molecular weight excluding hydrogens is 392 g/mol. The van der Waals surface area contributed by atoms with Gasteiger partial charge in [-0.15, -0.1) is 0 Å². The van der Waals surface area contributed by atoms with Gasteiger partial charge in [-0.3, -0.25) is 9.59 Å². The maximum atomic E-state index is 12.6. The molecule has 1 fully saturated rings. The van der Waals surface area contributed by atoms with Gasteiger partial charge >= 0.3 is 0 Å². The lowest BCUT2D eigenvalue weighted by Gasteiger charge is -2.32. The first-order valence-electron chi connectivity index (χ1n) is 10.7. The summed E-state index contributed by atoms with van der Waals surface area (Å²) in [6.45, 7) is 0.959. The third kappa shape index (κ3) is 5.81. The van der Waals surface area contributed by atoms with Crippen molar-refractivity contribution in [3.63, 3.8) is 0 Å². The van der Waals surface area contributed by atoms with Crippen molar-refractivity contribution in [2.45, 2.75) is 56.7 Å². The lowest BCUT2D eigenvalue weighted by molar-refractivity contribution is -0.127. The summed E-state index contributed by atoms with van der Waals surface area (Å²) in [6, 6.07) is 12.7. The Labute approximate surface area is 182 Å². The summed E-state index contributed by atoms with van der Waals surface area (Å²) in [5.41, 5.74) is 8.19. The standard InChI is InChI=1S/C24H30N4O3/c1-31-14-13-28-17-20(9-10-22(28)29)19-7-5-18(6-8-19)15-21(16-25)27-23(30)24(26)11-3-2-4-12-24/h5-10,17,21H,2-4,11-15,26H2,1H3,(H,27,30). The van der Waals surface area contributed by atoms with Gasteiger partial charge in [-0.05, 0) is 35.6 Å². The summed E-state index contributed by atoms with van der Waals surface area (Å²) in [4.78, 5) is 24.6. The van der Waals surface area contributed by atoms with Crippen LogP contribution in [0, 0.1) is 11.3 Å². The maximum absolute atomic E-state index is 12.6. The zero-order chi connectivity index (χ0) is 22.3. The second-order valence-corrected chi connectivity index (χ2v) is 8.22. The molecule has 0 radical (unpaired) electrons. The number of nitrogens with two attached hydrogens (primary N) is 1. The molecule has 164 valence electrons. The Morgan fingerprint density at radius 2 is 1.87 bits per heavy atom. The Kier molecular flexibility index (Phi) is 7.61. The summed E-state index contributed by atoms with van der Waals surface area (Å²) >= 11 is 0. The van der Waals surface area contributed by atoms with Crippen molar-refractivity contribution in [3.05, 3.63) is 58.5 Å². The molecule has 1 atom stereocenters. The van der Waals surface area contributed by atoms with Crippen LogP contribution in [-0.2, 0) is 22.5 Å². The monoisotopic (exact) mass is 422 g/mol. The zero-order valence-electron chi connectivity index (χ0n) is 18.0. The molecule has 0 bridgehead atoms. The van der Waals surface area contributed by atoms with Crippen molar-refractivity contribution >= 4 is 5.91 Å². The summed E-state index contributed by atoms with van der Waals surface area (Å²) in [6.07, 6.45) is 6.55. The topological polar surface area (TPSA) is 110 Å². The fourth-order valence-electron chi connectivity index (χ4n) is 3.98. The number of methoxy groups -OCH3 is 1. The summed E-state index contributed by atoms with van der Waals surface area (Å²) < 4.78 is 6.68. The first-order valence-corrected chi connectivity index (χ1v) is 10.7. The van der Waals surface area contributed by atoms with Crippen molar-refractivity contribution < 1.29 is 9.53 Å². The summed E-state index contributed by atoms with van der Waals surface area (Å²) in [5.74, 6) is -0.228. The van der Waals surface area contributed by atoms with Crippen LogP contribution in [0.5, 0.6) is 0 Å². The van der Waals surface area contributed by atoms with Gasteiger partial charge in [0.1, 0.15) is 6.04 Å². The molecule has 1 unspecified atom stereocenters. The third-order valence-electron chi connectivity index (χ3n) is 5.91. The van der Waals surface area contributed by atoms with E-state index in [1.807, 2.05) is 30.5 Å². The first kappa shape index (κ1) is 22.7. The van der Waals surface area contributed by atoms with E-state index in [0.29, 0.717) is 32.4 Å². The molecule has 2 aromatic rings. The molecule has 3 rings (SSSR count). The molecule has 1 aromatic carbocycles. The molecule has 1 heterocycles. The highest BCUT2D eigenvalue weighted by molar-refractivity contribution is 5.86. The molecule has 0 spiro atoms. The normalized spacial score (nSPS) is 16.3. The van der Waals surface area contributed by atoms with Gasteiger partial charge in [0.05, 0.1) is 18.2 Å². The SMILES string of the molecule is COCCn1cc(-c2ccc(CC(C#N)NC(=O)C3(N)CCCCC3)cc2)ccc1=O. The quantitative estimate of drug-likeness (QED) is 0.679. The number of nitrogens with one attached hydrogen (secondary N) is 1. The number of rotatable bonds is 8. The summed E-state index contributed by atoms with van der Waals surface area (Å²) in [7, 11) is 1.60. The van der Waals surface area contributed by atoms with Crippen molar-refractivity contribution in [3.8, 4) is 17.2 Å². The van der Waals surface area contributed by atoms with Crippen LogP contribution >= 0.6 is 0 Å². The zero-order valence-corrected chi connectivity index (χ0v) is 18.0. The number of nitrogens with zero attached hydrogens (tertiary/aromatic N) is 2. The molecule has 1 aliphatic carbocycles. The number of pyridine rings is 1. The van der Waals surface area contributed by atoms with Crippen LogP contribution in [0.1, 0.15) is 37.7 Å². The average molecular weight is 423 g/mol. The highest BCUT2D eigenvalue weighted by Gasteiger charge is 2.36. The van der Waals surface area contributed by atoms with E-state index in [2.05, 4.69) is 11.4 Å². The second kappa shape index (κ2) is 10.4. The van der Waals surface area contributed by atoms with E-state index in [4.69, 9.17) is 10.5 Å². The second-order valence-electron chi connectivity index (χ2n) is 8.22. The highest BCUT2D eigenvalue weighted by Crippen LogP contribution is 2.26. The maximum Gasteiger partial charge on any atom is 0.250 e. The van der Waals surface area contributed by atoms with Crippen molar-refractivity contribution in [1.82, 2.24) is 9.88 Å². The van der Waals surface area contributed by atoms with Gasteiger partial charge in [-0.2, -0.15) is 5.26 Å². The summed E-state index contributed by atoms with van der Waals surface area (Å²) in [5, 5.41) is 12.4. The minimum atomic E-state index is -0.858. The van der Waals surface area contributed by atoms with E-state index < -0.39 is 11.6 Å². The predicted octanol–water partition coefficient (Wildman–Crippen LogP) is 2.37. The van der Waals surface area contributed by atoms with E-state index in [1.54, 1.807) is 23.8 Å². The number of aromatic nitrogens is 1. The number of hydrogen-bond acceptors (Lipinski definition) is 5. The molecular formula is C24H30N4O3. The van der Waals surface area contributed by atoms with Gasteiger partial charge in [-0.1, -0.05) is 43.5 Å². The van der Waals surface area contributed by atoms with Crippen molar-refractivity contribution in [2.24, 2.45) is 5.73 Å². The van der Waals surface area contributed by atoms with E-state index in [0.717, 1.165) is 36.0 Å². The highest BCUT2D eigenvalue weighted by atomic mass is 16.5. The van der Waals surface area contributed by atoms with E-state index in [1.165, 1.54) is 0 Å². The molecule has 0 saturated heterocycles. The molecule has 0 aliphatic heterocycles. The Morgan fingerprint density at radius 3 is 2.52 bits per heavy atom. The molecule has 1 aliphatic rings. The van der Waals surface area contributed by atoms with Crippen LogP contribution < -0.4 is 16.6 Å². The van der Waals surface area contributed by atoms with E-state index in [-0.39, 0.29) is 11.5 Å². The first-order chi connectivity index (χ1) is 14.9. The number of benzene rings is 1. The fourth-order valence-corrected chi connectivity index (χ4v) is 3.98. The lowest BCUT2D eigenvalue weighted by Crippen LogP contribution is -2.57. The van der Waals surface area contributed by atoms with E-state index in [9.17, 15) is 14.9 Å². The van der Waals surface area contributed by atoms with Crippen molar-refractivity contribution in [2.75, 3.05) is 13.7 Å². The Balaban J connectivity index is 1.66. The minimum Gasteiger partial charge on any atom is -0.383 e. The molecule has 7 heteroatoms. The number of carbonyl (C=O) groups excluding carboxylic acids is 1. The Hall–Kier alpha value is -2.95. The van der Waals surface area contributed by atoms with Crippen LogP contribution in [0.25, 0.3) is 11.1 Å². The van der Waals surface area contributed by atoms with Gasteiger partial charge in [0.25, 0.3) is 5.56 Å². The van der Waals surface area contributed by atoms with Crippen LogP contribution in [-0.4, -0.2) is 35.8 Å². The van der Waals surface area contributed by atoms with Crippen LogP contribution in [0.4, 0.5) is 0 Å². The largest absolute Gasteiger partial charge is 0.383 e. The number of ether oxygens (including phenoxy) is 1. The Morgan fingerprint density at radius 1 is 1.19 bits per heavy atom. The number of hydrogen-bond donors (Lipinski definition) is 2. The number of amides is 1. The lowest BCUT2D eigenvalue weighted by atomic mass is 9.81. The van der Waals surface area contributed by atoms with Crippen molar-refractivity contribution in [1.29, 1.82) is 5.26 Å².